The van der Waals surface area contributed by atoms with E-state index in [1.165, 1.54) is 71.1 Å². The van der Waals surface area contributed by atoms with Crippen LogP contribution in [0.1, 0.15) is 0 Å². The fourth-order valence-electron chi connectivity index (χ4n) is 6.77. The van der Waals surface area contributed by atoms with E-state index in [9.17, 15) is 0 Å². The van der Waals surface area contributed by atoms with Crippen molar-refractivity contribution in [3.8, 4) is 22.5 Å². The van der Waals surface area contributed by atoms with E-state index in [-0.39, 0.29) is 0 Å². The quantitative estimate of drug-likeness (QED) is 0.200. The van der Waals surface area contributed by atoms with Gasteiger partial charge in [-0.2, -0.15) is 0 Å². The molecular weight excluding hydrogens is 508 g/mol. The largest absolute Gasteiger partial charge is 0.317 e. The molecule has 2 heteroatoms. The highest BCUT2D eigenvalue weighted by Crippen LogP contribution is 2.38. The molecule has 196 valence electrons. The van der Waals surface area contributed by atoms with E-state index in [0.717, 1.165) is 5.69 Å². The lowest BCUT2D eigenvalue weighted by molar-refractivity contribution is 1.13. The maximum Gasteiger partial charge on any atom is 0.0548 e. The maximum absolute atomic E-state index is 2.41. The number of aromatic nitrogens is 2. The van der Waals surface area contributed by atoms with E-state index in [1.54, 1.807) is 0 Å². The standard InChI is InChI=1S/C40H26N2/c1-2-11-30(12-3-1)41-23-22-29-25-40-37(26-39(29)41)35-16-8-9-17-38(35)42(40)31-20-18-27(19-21-31)36-24-28-10-4-5-13-32(28)33-14-6-7-15-34(33)36/h1-26H. The van der Waals surface area contributed by atoms with Crippen molar-refractivity contribution in [2.24, 2.45) is 0 Å². The Bertz CT molecular complexity index is 2440. The minimum Gasteiger partial charge on any atom is -0.317 e. The first-order chi connectivity index (χ1) is 20.8. The zero-order valence-electron chi connectivity index (χ0n) is 22.9. The second-order valence-corrected chi connectivity index (χ2v) is 11.0. The van der Waals surface area contributed by atoms with Crippen molar-refractivity contribution in [3.05, 3.63) is 158 Å². The molecule has 9 rings (SSSR count). The summed E-state index contributed by atoms with van der Waals surface area (Å²) in [5.41, 5.74) is 8.49. The second-order valence-electron chi connectivity index (χ2n) is 11.0. The van der Waals surface area contributed by atoms with Crippen molar-refractivity contribution in [3.63, 3.8) is 0 Å². The van der Waals surface area contributed by atoms with Crippen molar-refractivity contribution in [2.75, 3.05) is 0 Å². The van der Waals surface area contributed by atoms with Crippen LogP contribution in [0.15, 0.2) is 158 Å². The first-order valence-electron chi connectivity index (χ1n) is 14.4. The van der Waals surface area contributed by atoms with Gasteiger partial charge in [-0.15, -0.1) is 0 Å². The molecule has 0 bridgehead atoms. The molecule has 0 N–H and O–H groups in total. The molecule has 0 fully saturated rings. The molecule has 0 unspecified atom stereocenters. The smallest absolute Gasteiger partial charge is 0.0548 e. The Morgan fingerprint density at radius 2 is 1.05 bits per heavy atom. The number of para-hydroxylation sites is 2. The maximum atomic E-state index is 2.41. The Balaban J connectivity index is 1.24. The summed E-state index contributed by atoms with van der Waals surface area (Å²) in [6.07, 6.45) is 2.17. The monoisotopic (exact) mass is 534 g/mol. The molecule has 0 amide bonds. The highest BCUT2D eigenvalue weighted by molar-refractivity contribution is 6.15. The van der Waals surface area contributed by atoms with Crippen LogP contribution in [0.4, 0.5) is 0 Å². The van der Waals surface area contributed by atoms with Crippen LogP contribution in [0.5, 0.6) is 0 Å². The minimum absolute atomic E-state index is 1.16. The Hall–Kier alpha value is -5.60. The number of hydrogen-bond acceptors (Lipinski definition) is 0. The van der Waals surface area contributed by atoms with Gasteiger partial charge in [0.05, 0.1) is 16.6 Å². The van der Waals surface area contributed by atoms with E-state index < -0.39 is 0 Å². The van der Waals surface area contributed by atoms with Crippen LogP contribution in [-0.4, -0.2) is 9.13 Å². The van der Waals surface area contributed by atoms with Gasteiger partial charge in [-0.05, 0) is 87.3 Å². The van der Waals surface area contributed by atoms with Gasteiger partial charge in [0.25, 0.3) is 0 Å². The lowest BCUT2D eigenvalue weighted by Gasteiger charge is -2.13. The number of rotatable bonds is 3. The Morgan fingerprint density at radius 3 is 1.88 bits per heavy atom. The van der Waals surface area contributed by atoms with Crippen LogP contribution in [0.25, 0.3) is 76.8 Å². The predicted octanol–water partition coefficient (Wildman–Crippen LogP) is 10.7. The van der Waals surface area contributed by atoms with E-state index in [1.807, 2.05) is 0 Å². The summed E-state index contributed by atoms with van der Waals surface area (Å²) in [5.74, 6) is 0. The summed E-state index contributed by atoms with van der Waals surface area (Å²) in [6, 6.07) is 55.1. The van der Waals surface area contributed by atoms with Crippen LogP contribution < -0.4 is 0 Å². The molecule has 9 aromatic rings. The molecule has 0 aliphatic rings. The van der Waals surface area contributed by atoms with Gasteiger partial charge in [0.2, 0.25) is 0 Å². The van der Waals surface area contributed by atoms with Gasteiger partial charge in [0.15, 0.2) is 0 Å². The van der Waals surface area contributed by atoms with Crippen molar-refractivity contribution in [2.45, 2.75) is 0 Å². The minimum atomic E-state index is 1.16. The van der Waals surface area contributed by atoms with Gasteiger partial charge in [0, 0.05) is 33.7 Å². The third-order valence-electron chi connectivity index (χ3n) is 8.72. The van der Waals surface area contributed by atoms with Crippen LogP contribution in [0.3, 0.4) is 0 Å². The normalized spacial score (nSPS) is 11.8. The van der Waals surface area contributed by atoms with Crippen LogP contribution in [0.2, 0.25) is 0 Å². The van der Waals surface area contributed by atoms with Crippen molar-refractivity contribution in [1.82, 2.24) is 9.13 Å². The number of nitrogens with zero attached hydrogens (tertiary/aromatic N) is 2. The van der Waals surface area contributed by atoms with Gasteiger partial charge < -0.3 is 9.13 Å². The topological polar surface area (TPSA) is 9.86 Å². The van der Waals surface area contributed by atoms with Crippen molar-refractivity contribution in [1.29, 1.82) is 0 Å². The van der Waals surface area contributed by atoms with Gasteiger partial charge in [-0.1, -0.05) is 97.1 Å². The zero-order chi connectivity index (χ0) is 27.6. The highest BCUT2D eigenvalue weighted by atomic mass is 15.0. The summed E-state index contributed by atoms with van der Waals surface area (Å²) in [7, 11) is 0. The summed E-state index contributed by atoms with van der Waals surface area (Å²) in [6.45, 7) is 0. The number of fused-ring (bicyclic) bond motifs is 7. The molecule has 0 radical (unpaired) electrons. The fourth-order valence-corrected chi connectivity index (χ4v) is 6.77. The molecule has 0 saturated carbocycles. The van der Waals surface area contributed by atoms with Crippen molar-refractivity contribution >= 4 is 54.3 Å². The van der Waals surface area contributed by atoms with Gasteiger partial charge in [-0.3, -0.25) is 0 Å². The SMILES string of the molecule is c1ccc(-n2ccc3cc4c(cc32)c2ccccc2n4-c2ccc(-c3cc4ccccc4c4ccccc34)cc2)cc1. The number of hydrogen-bond donors (Lipinski definition) is 0. The average Bonchev–Trinajstić information content (AvgIpc) is 3.62. The summed E-state index contributed by atoms with van der Waals surface area (Å²) in [5, 5.41) is 8.90. The zero-order valence-corrected chi connectivity index (χ0v) is 22.9. The molecular formula is C40H26N2. The molecule has 2 nitrogen and oxygen atoms in total. The molecule has 2 aromatic heterocycles. The Labute approximate surface area is 243 Å². The van der Waals surface area contributed by atoms with Crippen LogP contribution in [0, 0.1) is 0 Å². The van der Waals surface area contributed by atoms with Gasteiger partial charge in [-0.25, -0.2) is 0 Å². The Morgan fingerprint density at radius 1 is 0.357 bits per heavy atom. The first-order valence-corrected chi connectivity index (χ1v) is 14.4. The third-order valence-corrected chi connectivity index (χ3v) is 8.72. The molecule has 2 heterocycles. The summed E-state index contributed by atoms with van der Waals surface area (Å²) >= 11 is 0. The molecule has 0 aliphatic carbocycles. The number of benzene rings is 7. The van der Waals surface area contributed by atoms with E-state index in [0.29, 0.717) is 0 Å². The van der Waals surface area contributed by atoms with E-state index >= 15 is 0 Å². The molecule has 0 spiro atoms. The molecule has 0 atom stereocenters. The van der Waals surface area contributed by atoms with E-state index in [4.69, 9.17) is 0 Å². The van der Waals surface area contributed by atoms with Crippen molar-refractivity contribution < 1.29 is 0 Å². The van der Waals surface area contributed by atoms with E-state index in [2.05, 4.69) is 167 Å². The molecule has 42 heavy (non-hydrogen) atoms. The summed E-state index contributed by atoms with van der Waals surface area (Å²) < 4.78 is 4.69. The molecule has 7 aromatic carbocycles. The summed E-state index contributed by atoms with van der Waals surface area (Å²) in [4.78, 5) is 0. The van der Waals surface area contributed by atoms with Crippen LogP contribution >= 0.6 is 0 Å². The molecule has 0 aliphatic heterocycles. The fraction of sp³-hybridized carbons (Fsp3) is 0. The average molecular weight is 535 g/mol. The Kier molecular flexibility index (Phi) is 4.93. The lowest BCUT2D eigenvalue weighted by atomic mass is 9.93. The predicted molar refractivity (Wildman–Crippen MR) is 178 cm³/mol. The first kappa shape index (κ1) is 23.1. The lowest BCUT2D eigenvalue weighted by Crippen LogP contribution is -1.94. The van der Waals surface area contributed by atoms with Crippen LogP contribution in [-0.2, 0) is 0 Å². The molecule has 0 saturated heterocycles. The highest BCUT2D eigenvalue weighted by Gasteiger charge is 2.15. The van der Waals surface area contributed by atoms with Gasteiger partial charge >= 0.3 is 0 Å². The van der Waals surface area contributed by atoms with Gasteiger partial charge in [0.1, 0.15) is 0 Å². The third kappa shape index (κ3) is 3.39. The second kappa shape index (κ2) is 8.95.